The summed E-state index contributed by atoms with van der Waals surface area (Å²) in [6.45, 7) is 2.27. The summed E-state index contributed by atoms with van der Waals surface area (Å²) < 4.78 is 12.5. The summed E-state index contributed by atoms with van der Waals surface area (Å²) in [5.74, 6) is -0.318. The van der Waals surface area contributed by atoms with Crippen LogP contribution in [0.1, 0.15) is 31.4 Å². The first-order valence-corrected chi connectivity index (χ1v) is 13.4. The first-order valence-electron chi connectivity index (χ1n) is 13.4. The van der Waals surface area contributed by atoms with Gasteiger partial charge in [0.05, 0.1) is 18.7 Å². The van der Waals surface area contributed by atoms with Crippen LogP contribution in [0.15, 0.2) is 72.8 Å². The highest BCUT2D eigenvalue weighted by molar-refractivity contribution is 6.02. The maximum absolute atomic E-state index is 14.2. The van der Waals surface area contributed by atoms with E-state index in [-0.39, 0.29) is 30.4 Å². The topological polar surface area (TPSA) is 128 Å². The minimum atomic E-state index is -1.02. The normalized spacial score (nSPS) is 15.3. The van der Waals surface area contributed by atoms with Crippen molar-refractivity contribution in [2.75, 3.05) is 30.5 Å². The van der Waals surface area contributed by atoms with Gasteiger partial charge < -0.3 is 20.1 Å². The third-order valence-corrected chi connectivity index (χ3v) is 6.91. The molecule has 0 spiro atoms. The number of carbonyl (C=O) groups excluding carboxylic acids is 3. The van der Waals surface area contributed by atoms with E-state index >= 15 is 0 Å². The van der Waals surface area contributed by atoms with Crippen LogP contribution < -0.4 is 20.3 Å². The first-order chi connectivity index (χ1) is 19.9. The van der Waals surface area contributed by atoms with Crippen LogP contribution in [0.3, 0.4) is 0 Å². The molecule has 2 atom stereocenters. The van der Waals surface area contributed by atoms with E-state index in [4.69, 9.17) is 9.47 Å². The Morgan fingerprint density at radius 3 is 2.51 bits per heavy atom. The number of hydrogen-bond acceptors (Lipinski definition) is 7. The molecule has 5 rings (SSSR count). The van der Waals surface area contributed by atoms with Crippen LogP contribution in [-0.2, 0) is 25.7 Å². The second kappa shape index (κ2) is 12.6. The minimum absolute atomic E-state index is 0.0712. The predicted octanol–water partition coefficient (Wildman–Crippen LogP) is 3.47. The van der Waals surface area contributed by atoms with Crippen molar-refractivity contribution in [2.45, 2.75) is 38.5 Å². The van der Waals surface area contributed by atoms with Crippen LogP contribution in [0.25, 0.3) is 11.0 Å². The van der Waals surface area contributed by atoms with Crippen molar-refractivity contribution in [3.8, 4) is 5.75 Å². The van der Waals surface area contributed by atoms with Gasteiger partial charge in [-0.05, 0) is 66.9 Å². The highest BCUT2D eigenvalue weighted by Gasteiger charge is 2.34. The summed E-state index contributed by atoms with van der Waals surface area (Å²) >= 11 is 0. The lowest BCUT2D eigenvalue weighted by atomic mass is 10.0. The maximum Gasteiger partial charge on any atom is 0.249 e. The largest absolute Gasteiger partial charge is 0.497 e. The highest BCUT2D eigenvalue weighted by Crippen LogP contribution is 2.31. The molecule has 2 heterocycles. The first kappa shape index (κ1) is 27.8. The van der Waals surface area contributed by atoms with E-state index in [0.717, 1.165) is 12.8 Å². The van der Waals surface area contributed by atoms with Gasteiger partial charge >= 0.3 is 0 Å². The molecule has 0 radical (unpaired) electrons. The number of hydrogen-bond donors (Lipinski definition) is 2. The fourth-order valence-corrected chi connectivity index (χ4v) is 4.90. The lowest BCUT2D eigenvalue weighted by Gasteiger charge is -2.32. The number of anilines is 2. The summed E-state index contributed by atoms with van der Waals surface area (Å²) in [6, 6.07) is 20.2. The Morgan fingerprint density at radius 2 is 1.83 bits per heavy atom. The number of rotatable bonds is 10. The van der Waals surface area contributed by atoms with Gasteiger partial charge in [0.1, 0.15) is 23.9 Å². The van der Waals surface area contributed by atoms with Crippen LogP contribution >= 0.6 is 0 Å². The molecule has 11 nitrogen and oxygen atoms in total. The monoisotopic (exact) mass is 556 g/mol. The Kier molecular flexibility index (Phi) is 8.54. The molecule has 3 aromatic carbocycles. The molecule has 0 bridgehead atoms. The standard InChI is InChI=1S/C30H32N6O5/c1-20(37)32-22-11-13-23(14-12-22)36(28(38)19-35-27-8-4-3-7-26(27)33-34-35)29(21-9-15-24(40-2)16-10-21)30(39)31-18-25-6-5-17-41-25/h3-4,7-16,25,29H,5-6,17-19H2,1-2H3,(H,31,39)(H,32,37)/t25-,29-/m1/s1. The van der Waals surface area contributed by atoms with Gasteiger partial charge in [-0.2, -0.15) is 0 Å². The van der Waals surface area contributed by atoms with Crippen molar-refractivity contribution in [3.05, 3.63) is 78.4 Å². The smallest absolute Gasteiger partial charge is 0.249 e. The van der Waals surface area contributed by atoms with E-state index in [1.165, 1.54) is 16.5 Å². The number of nitrogens with zero attached hydrogens (tertiary/aromatic N) is 4. The number of carbonyl (C=O) groups is 3. The molecular formula is C30H32N6O5. The van der Waals surface area contributed by atoms with Gasteiger partial charge in [-0.15, -0.1) is 5.10 Å². The number of fused-ring (bicyclic) bond motifs is 1. The number of amides is 3. The molecule has 2 N–H and O–H groups in total. The van der Waals surface area contributed by atoms with Crippen molar-refractivity contribution in [2.24, 2.45) is 0 Å². The van der Waals surface area contributed by atoms with Crippen LogP contribution in [0.4, 0.5) is 11.4 Å². The molecule has 1 saturated heterocycles. The van der Waals surface area contributed by atoms with E-state index in [1.807, 2.05) is 24.3 Å². The fourth-order valence-electron chi connectivity index (χ4n) is 4.90. The lowest BCUT2D eigenvalue weighted by molar-refractivity contribution is -0.127. The zero-order valence-corrected chi connectivity index (χ0v) is 22.9. The molecule has 3 amide bonds. The number of para-hydroxylation sites is 1. The van der Waals surface area contributed by atoms with Crippen molar-refractivity contribution >= 4 is 40.1 Å². The average molecular weight is 557 g/mol. The highest BCUT2D eigenvalue weighted by atomic mass is 16.5. The summed E-state index contributed by atoms with van der Waals surface area (Å²) in [5, 5.41) is 14.1. The second-order valence-electron chi connectivity index (χ2n) is 9.78. The number of benzene rings is 3. The summed E-state index contributed by atoms with van der Waals surface area (Å²) in [4.78, 5) is 41.1. The molecule has 1 fully saturated rings. The third kappa shape index (κ3) is 6.52. The Balaban J connectivity index is 1.54. The SMILES string of the molecule is COc1ccc([C@H](C(=O)NC[C@H]2CCCO2)N(C(=O)Cn2nnc3ccccc32)c2ccc(NC(C)=O)cc2)cc1. The lowest BCUT2D eigenvalue weighted by Crippen LogP contribution is -2.46. The summed E-state index contributed by atoms with van der Waals surface area (Å²) in [5.41, 5.74) is 3.00. The second-order valence-corrected chi connectivity index (χ2v) is 9.78. The Labute approximate surface area is 237 Å². The zero-order valence-electron chi connectivity index (χ0n) is 22.9. The summed E-state index contributed by atoms with van der Waals surface area (Å²) in [6.07, 6.45) is 1.73. The number of methoxy groups -OCH3 is 1. The van der Waals surface area contributed by atoms with Crippen molar-refractivity contribution < 1.29 is 23.9 Å². The molecule has 0 saturated carbocycles. The number of aromatic nitrogens is 3. The van der Waals surface area contributed by atoms with E-state index in [9.17, 15) is 14.4 Å². The van der Waals surface area contributed by atoms with Gasteiger partial charge in [-0.3, -0.25) is 19.3 Å². The van der Waals surface area contributed by atoms with E-state index in [1.54, 1.807) is 55.6 Å². The molecule has 0 aliphatic carbocycles. The fraction of sp³-hybridized carbons (Fsp3) is 0.300. The van der Waals surface area contributed by atoms with Gasteiger partial charge in [0, 0.05) is 31.5 Å². The molecule has 1 aliphatic heterocycles. The minimum Gasteiger partial charge on any atom is -0.497 e. The Bertz CT molecular complexity index is 1510. The van der Waals surface area contributed by atoms with Gasteiger partial charge in [-0.25, -0.2) is 4.68 Å². The molecule has 0 unspecified atom stereocenters. The van der Waals surface area contributed by atoms with Gasteiger partial charge in [0.25, 0.3) is 0 Å². The number of ether oxygens (including phenoxy) is 2. The quantitative estimate of drug-likeness (QED) is 0.306. The van der Waals surface area contributed by atoms with Gasteiger partial charge in [0.15, 0.2) is 0 Å². The van der Waals surface area contributed by atoms with E-state index in [0.29, 0.717) is 46.9 Å². The average Bonchev–Trinajstić information content (AvgIpc) is 3.65. The zero-order chi connectivity index (χ0) is 28.8. The molecule has 1 aliphatic rings. The molecule has 212 valence electrons. The van der Waals surface area contributed by atoms with Crippen molar-refractivity contribution in [1.29, 1.82) is 0 Å². The third-order valence-electron chi connectivity index (χ3n) is 6.91. The predicted molar refractivity (Wildman–Crippen MR) is 153 cm³/mol. The molecule has 4 aromatic rings. The molecular weight excluding hydrogens is 524 g/mol. The van der Waals surface area contributed by atoms with Crippen molar-refractivity contribution in [3.63, 3.8) is 0 Å². The molecule has 1 aromatic heterocycles. The molecule has 11 heteroatoms. The van der Waals surface area contributed by atoms with E-state index < -0.39 is 6.04 Å². The molecule has 41 heavy (non-hydrogen) atoms. The number of nitrogens with one attached hydrogen (secondary N) is 2. The summed E-state index contributed by atoms with van der Waals surface area (Å²) in [7, 11) is 1.57. The van der Waals surface area contributed by atoms with E-state index in [2.05, 4.69) is 20.9 Å². The van der Waals surface area contributed by atoms with Crippen molar-refractivity contribution in [1.82, 2.24) is 20.3 Å². The Morgan fingerprint density at radius 1 is 1.07 bits per heavy atom. The van der Waals surface area contributed by atoms with Gasteiger partial charge in [-0.1, -0.05) is 29.5 Å². The Hall–Kier alpha value is -4.77. The van der Waals surface area contributed by atoms with Crippen LogP contribution in [0.2, 0.25) is 0 Å². The van der Waals surface area contributed by atoms with Crippen LogP contribution in [0.5, 0.6) is 5.75 Å². The van der Waals surface area contributed by atoms with Crippen LogP contribution in [-0.4, -0.2) is 59.1 Å². The maximum atomic E-state index is 14.2. The van der Waals surface area contributed by atoms with Crippen LogP contribution in [0, 0.1) is 0 Å². The van der Waals surface area contributed by atoms with Gasteiger partial charge in [0.2, 0.25) is 17.7 Å².